The molecule has 1 unspecified atom stereocenters. The maximum atomic E-state index is 12.1. The molecule has 1 aromatic carbocycles. The monoisotopic (exact) mass is 346 g/mol. The molecular weight excluding hydrogens is 336 g/mol. The lowest BCUT2D eigenvalue weighted by Gasteiger charge is -2.16. The minimum Gasteiger partial charge on any atom is -0.392 e. The predicted octanol–water partition coefficient (Wildman–Crippen LogP) is 2.90. The lowest BCUT2D eigenvalue weighted by molar-refractivity contribution is 0.0944. The predicted molar refractivity (Wildman–Crippen MR) is 79.9 cm³/mol. The first-order chi connectivity index (χ1) is 8.49. The Balaban J connectivity index is 2.10. The van der Waals surface area contributed by atoms with Crippen molar-refractivity contribution in [3.63, 3.8) is 0 Å². The van der Waals surface area contributed by atoms with Gasteiger partial charge in [-0.1, -0.05) is 23.8 Å². The number of amides is 1. The molecule has 6 heteroatoms. The van der Waals surface area contributed by atoms with Gasteiger partial charge in [0.25, 0.3) is 5.91 Å². The topological polar surface area (TPSA) is 55.1 Å². The van der Waals surface area contributed by atoms with Crippen LogP contribution in [-0.4, -0.2) is 16.9 Å². The summed E-state index contributed by atoms with van der Waals surface area (Å²) in [6, 6.07) is 4.85. The number of carbonyl (C=O) groups excluding carboxylic acids is 1. The largest absolute Gasteiger partial charge is 0.392 e. The van der Waals surface area contributed by atoms with Crippen molar-refractivity contribution in [3.8, 4) is 0 Å². The molecule has 1 aliphatic rings. The molecule has 0 saturated heterocycles. The highest BCUT2D eigenvalue weighted by molar-refractivity contribution is 9.10. The first-order valence-electron chi connectivity index (χ1n) is 5.54. The van der Waals surface area contributed by atoms with Gasteiger partial charge in [0.2, 0.25) is 0 Å². The lowest BCUT2D eigenvalue weighted by atomic mass is 10.1. The number of halogens is 2. The van der Waals surface area contributed by atoms with Gasteiger partial charge in [-0.25, -0.2) is 0 Å². The fraction of sp³-hybridized carbons (Fsp3) is 0.333. The second-order valence-corrected chi connectivity index (χ2v) is 6.05. The molecule has 1 aliphatic carbocycles. The van der Waals surface area contributed by atoms with Crippen molar-refractivity contribution in [3.05, 3.63) is 33.3 Å². The Hall–Kier alpha value is -0.650. The SMILES string of the molecule is NC(=S)C(NC(=O)c1ccc(Br)c(Cl)c1)C1CC1. The van der Waals surface area contributed by atoms with Gasteiger partial charge in [-0.2, -0.15) is 0 Å². The second-order valence-electron chi connectivity index (χ2n) is 4.32. The first-order valence-corrected chi connectivity index (χ1v) is 7.12. The van der Waals surface area contributed by atoms with Crippen molar-refractivity contribution in [1.29, 1.82) is 0 Å². The zero-order chi connectivity index (χ0) is 13.3. The fourth-order valence-corrected chi connectivity index (χ4v) is 2.39. The normalized spacial score (nSPS) is 16.1. The molecule has 1 atom stereocenters. The van der Waals surface area contributed by atoms with Crippen molar-refractivity contribution in [1.82, 2.24) is 5.32 Å². The number of carbonyl (C=O) groups is 1. The molecule has 0 heterocycles. The van der Waals surface area contributed by atoms with E-state index in [2.05, 4.69) is 21.2 Å². The smallest absolute Gasteiger partial charge is 0.251 e. The fourth-order valence-electron chi connectivity index (χ4n) is 1.71. The molecule has 1 amide bonds. The zero-order valence-electron chi connectivity index (χ0n) is 9.45. The van der Waals surface area contributed by atoms with Crippen LogP contribution in [0, 0.1) is 5.92 Å². The van der Waals surface area contributed by atoms with E-state index in [1.807, 2.05) is 0 Å². The van der Waals surface area contributed by atoms with Crippen molar-refractivity contribution in [2.45, 2.75) is 18.9 Å². The Kier molecular flexibility index (Phi) is 4.25. The van der Waals surface area contributed by atoms with Gasteiger partial charge in [0, 0.05) is 10.0 Å². The van der Waals surface area contributed by atoms with Gasteiger partial charge in [0.1, 0.15) is 0 Å². The molecule has 0 bridgehead atoms. The number of nitrogens with two attached hydrogens (primary N) is 1. The third kappa shape index (κ3) is 3.22. The highest BCUT2D eigenvalue weighted by atomic mass is 79.9. The van der Waals surface area contributed by atoms with Crippen LogP contribution in [0.15, 0.2) is 22.7 Å². The summed E-state index contributed by atoms with van der Waals surface area (Å²) >= 11 is 14.2. The van der Waals surface area contributed by atoms with Gasteiger partial charge in [0.05, 0.1) is 16.1 Å². The van der Waals surface area contributed by atoms with Crippen LogP contribution < -0.4 is 11.1 Å². The number of benzene rings is 1. The lowest BCUT2D eigenvalue weighted by Crippen LogP contribution is -2.45. The Morgan fingerprint density at radius 2 is 2.22 bits per heavy atom. The van der Waals surface area contributed by atoms with Crippen LogP contribution in [0.5, 0.6) is 0 Å². The standard InChI is InChI=1S/C12H12BrClN2OS/c13-8-4-3-7(5-9(8)14)12(17)16-10(11(15)18)6-1-2-6/h3-6,10H,1-2H2,(H2,15,18)(H,16,17). The second kappa shape index (κ2) is 5.55. The summed E-state index contributed by atoms with van der Waals surface area (Å²) in [6.07, 6.45) is 2.12. The van der Waals surface area contributed by atoms with Crippen LogP contribution >= 0.6 is 39.7 Å². The van der Waals surface area contributed by atoms with Crippen LogP contribution in [0.2, 0.25) is 5.02 Å². The molecule has 0 aliphatic heterocycles. The maximum Gasteiger partial charge on any atom is 0.251 e. The molecule has 3 N–H and O–H groups in total. The number of rotatable bonds is 4. The average molecular weight is 348 g/mol. The molecular formula is C12H12BrClN2OS. The molecule has 18 heavy (non-hydrogen) atoms. The molecule has 1 saturated carbocycles. The molecule has 2 rings (SSSR count). The number of thiocarbonyl (C=S) groups is 1. The van der Waals surface area contributed by atoms with Crippen LogP contribution in [0.3, 0.4) is 0 Å². The van der Waals surface area contributed by atoms with Crippen molar-refractivity contribution in [2.24, 2.45) is 11.7 Å². The van der Waals surface area contributed by atoms with E-state index in [0.29, 0.717) is 21.5 Å². The van der Waals surface area contributed by atoms with Crippen LogP contribution in [0.1, 0.15) is 23.2 Å². The molecule has 0 spiro atoms. The minimum atomic E-state index is -0.213. The van der Waals surface area contributed by atoms with E-state index in [-0.39, 0.29) is 11.9 Å². The Labute approximate surface area is 124 Å². The maximum absolute atomic E-state index is 12.1. The third-order valence-electron chi connectivity index (χ3n) is 2.87. The van der Waals surface area contributed by atoms with Gasteiger partial charge in [-0.05, 0) is 52.9 Å². The Bertz CT molecular complexity index is 505. The molecule has 3 nitrogen and oxygen atoms in total. The summed E-state index contributed by atoms with van der Waals surface area (Å²) in [7, 11) is 0. The number of hydrogen-bond acceptors (Lipinski definition) is 2. The number of nitrogens with one attached hydrogen (secondary N) is 1. The summed E-state index contributed by atoms with van der Waals surface area (Å²) < 4.78 is 0.758. The van der Waals surface area contributed by atoms with Crippen molar-refractivity contribution in [2.75, 3.05) is 0 Å². The van der Waals surface area contributed by atoms with Gasteiger partial charge in [0.15, 0.2) is 0 Å². The van der Waals surface area contributed by atoms with Crippen LogP contribution in [-0.2, 0) is 0 Å². The van der Waals surface area contributed by atoms with Crippen LogP contribution in [0.25, 0.3) is 0 Å². The zero-order valence-corrected chi connectivity index (χ0v) is 12.6. The van der Waals surface area contributed by atoms with E-state index in [1.54, 1.807) is 18.2 Å². The molecule has 0 aromatic heterocycles. The summed E-state index contributed by atoms with van der Waals surface area (Å²) in [6.45, 7) is 0. The summed E-state index contributed by atoms with van der Waals surface area (Å²) in [4.78, 5) is 12.4. The Morgan fingerprint density at radius 1 is 1.56 bits per heavy atom. The highest BCUT2D eigenvalue weighted by Gasteiger charge is 2.34. The third-order valence-corrected chi connectivity index (χ3v) is 4.35. The summed E-state index contributed by atoms with van der Waals surface area (Å²) in [5, 5.41) is 3.36. The van der Waals surface area contributed by atoms with Crippen molar-refractivity contribution < 1.29 is 4.79 Å². The quantitative estimate of drug-likeness (QED) is 0.824. The highest BCUT2D eigenvalue weighted by Crippen LogP contribution is 2.33. The summed E-state index contributed by atoms with van der Waals surface area (Å²) in [5.74, 6) is 0.187. The molecule has 96 valence electrons. The molecule has 1 aromatic rings. The number of hydrogen-bond donors (Lipinski definition) is 2. The van der Waals surface area contributed by atoms with Crippen molar-refractivity contribution >= 4 is 50.6 Å². The van der Waals surface area contributed by atoms with Gasteiger partial charge in [-0.3, -0.25) is 4.79 Å². The first kappa shape index (κ1) is 13.8. The average Bonchev–Trinajstić information content (AvgIpc) is 3.13. The summed E-state index contributed by atoms with van der Waals surface area (Å²) in [5.41, 5.74) is 6.15. The molecule has 1 fully saturated rings. The van der Waals surface area contributed by atoms with Gasteiger partial charge < -0.3 is 11.1 Å². The van der Waals surface area contributed by atoms with E-state index < -0.39 is 0 Å². The van der Waals surface area contributed by atoms with Gasteiger partial charge in [-0.15, -0.1) is 0 Å². The van der Waals surface area contributed by atoms with E-state index >= 15 is 0 Å². The van der Waals surface area contributed by atoms with E-state index in [9.17, 15) is 4.79 Å². The minimum absolute atomic E-state index is 0.200. The van der Waals surface area contributed by atoms with E-state index in [0.717, 1.165) is 17.3 Å². The van der Waals surface area contributed by atoms with E-state index in [1.165, 1.54) is 0 Å². The van der Waals surface area contributed by atoms with E-state index in [4.69, 9.17) is 29.6 Å². The van der Waals surface area contributed by atoms with Crippen LogP contribution in [0.4, 0.5) is 0 Å². The molecule has 0 radical (unpaired) electrons. The Morgan fingerprint density at radius 3 is 2.72 bits per heavy atom. The van der Waals surface area contributed by atoms with Gasteiger partial charge >= 0.3 is 0 Å².